The van der Waals surface area contributed by atoms with E-state index in [9.17, 15) is 10.1 Å². The quantitative estimate of drug-likeness (QED) is 0.282. The van der Waals surface area contributed by atoms with Crippen LogP contribution in [0.5, 0.6) is 0 Å². The first-order valence-electron chi connectivity index (χ1n) is 7.18. The number of nitro benzene ring substituents is 1. The van der Waals surface area contributed by atoms with Gasteiger partial charge in [-0.15, -0.1) is 10.2 Å². The van der Waals surface area contributed by atoms with Crippen molar-refractivity contribution < 1.29 is 4.92 Å². The molecule has 0 aliphatic rings. The Balaban J connectivity index is 1.69. The van der Waals surface area contributed by atoms with E-state index in [0.717, 1.165) is 11.1 Å². The van der Waals surface area contributed by atoms with Crippen molar-refractivity contribution in [1.82, 2.24) is 14.9 Å². The number of aromatic nitrogens is 3. The van der Waals surface area contributed by atoms with Crippen LogP contribution >= 0.6 is 23.4 Å². The molecular formula is C16H12ClN5O2S. The minimum atomic E-state index is -0.440. The van der Waals surface area contributed by atoms with Crippen molar-refractivity contribution >= 4 is 35.3 Å². The van der Waals surface area contributed by atoms with Crippen LogP contribution in [0.2, 0.25) is 5.02 Å². The lowest BCUT2D eigenvalue weighted by Crippen LogP contribution is -1.93. The number of nitro groups is 1. The van der Waals surface area contributed by atoms with E-state index in [4.69, 9.17) is 11.6 Å². The van der Waals surface area contributed by atoms with Gasteiger partial charge in [-0.2, -0.15) is 9.78 Å². The monoisotopic (exact) mass is 373 g/mol. The maximum absolute atomic E-state index is 10.7. The van der Waals surface area contributed by atoms with Gasteiger partial charge in [-0.05, 0) is 29.3 Å². The molecule has 9 heteroatoms. The van der Waals surface area contributed by atoms with E-state index in [-0.39, 0.29) is 5.69 Å². The first-order valence-corrected chi connectivity index (χ1v) is 8.55. The van der Waals surface area contributed by atoms with Gasteiger partial charge in [0.2, 0.25) is 5.16 Å². The van der Waals surface area contributed by atoms with Crippen molar-refractivity contribution in [3.63, 3.8) is 0 Å². The number of hydrogen-bond acceptors (Lipinski definition) is 6. The summed E-state index contributed by atoms with van der Waals surface area (Å²) in [6.07, 6.45) is 3.09. The van der Waals surface area contributed by atoms with Gasteiger partial charge in [-0.1, -0.05) is 41.6 Å². The minimum Gasteiger partial charge on any atom is -0.258 e. The highest BCUT2D eigenvalue weighted by atomic mass is 35.5. The molecule has 126 valence electrons. The standard InChI is InChI=1S/C16H12ClN5O2S/c17-15-4-2-1-3-13(15)10-25-16-20-18-11-21(16)19-9-12-5-7-14(8-6-12)22(23)24/h1-9,11H,10H2/b19-9-. The highest BCUT2D eigenvalue weighted by Gasteiger charge is 2.07. The van der Waals surface area contributed by atoms with Gasteiger partial charge in [0.25, 0.3) is 5.69 Å². The molecule has 2 aromatic carbocycles. The molecule has 0 amide bonds. The predicted molar refractivity (Wildman–Crippen MR) is 97.1 cm³/mol. The van der Waals surface area contributed by atoms with Crippen molar-refractivity contribution in [2.45, 2.75) is 10.9 Å². The van der Waals surface area contributed by atoms with E-state index in [1.165, 1.54) is 30.2 Å². The van der Waals surface area contributed by atoms with E-state index in [1.54, 1.807) is 23.0 Å². The number of benzene rings is 2. The molecule has 1 heterocycles. The zero-order chi connectivity index (χ0) is 17.6. The highest BCUT2D eigenvalue weighted by molar-refractivity contribution is 7.98. The number of hydrogen-bond donors (Lipinski definition) is 0. The first-order chi connectivity index (χ1) is 12.1. The average Bonchev–Trinajstić information content (AvgIpc) is 3.07. The Bertz CT molecular complexity index is 911. The summed E-state index contributed by atoms with van der Waals surface area (Å²) in [6, 6.07) is 13.7. The summed E-state index contributed by atoms with van der Waals surface area (Å²) in [7, 11) is 0. The van der Waals surface area contributed by atoms with Crippen LogP contribution in [0.3, 0.4) is 0 Å². The fourth-order valence-corrected chi connectivity index (χ4v) is 3.11. The summed E-state index contributed by atoms with van der Waals surface area (Å²) in [5, 5.41) is 24.2. The van der Waals surface area contributed by atoms with Crippen LogP contribution in [0.15, 0.2) is 65.1 Å². The van der Waals surface area contributed by atoms with Crippen LogP contribution < -0.4 is 0 Å². The molecule has 0 saturated heterocycles. The third-order valence-electron chi connectivity index (χ3n) is 3.25. The molecule has 7 nitrogen and oxygen atoms in total. The molecule has 3 aromatic rings. The molecule has 25 heavy (non-hydrogen) atoms. The highest BCUT2D eigenvalue weighted by Crippen LogP contribution is 2.25. The molecule has 0 N–H and O–H groups in total. The molecule has 0 unspecified atom stereocenters. The smallest absolute Gasteiger partial charge is 0.258 e. The Morgan fingerprint density at radius 3 is 2.72 bits per heavy atom. The zero-order valence-electron chi connectivity index (χ0n) is 12.8. The van der Waals surface area contributed by atoms with Crippen molar-refractivity contribution in [2.24, 2.45) is 5.10 Å². The molecule has 0 bridgehead atoms. The van der Waals surface area contributed by atoms with Crippen molar-refractivity contribution in [2.75, 3.05) is 0 Å². The van der Waals surface area contributed by atoms with Gasteiger partial charge in [0, 0.05) is 22.9 Å². The number of rotatable bonds is 6. The van der Waals surface area contributed by atoms with Crippen LogP contribution in [-0.4, -0.2) is 26.0 Å². The minimum absolute atomic E-state index is 0.0393. The van der Waals surface area contributed by atoms with E-state index in [2.05, 4.69) is 15.3 Å². The number of halogens is 1. The van der Waals surface area contributed by atoms with E-state index in [1.807, 2.05) is 24.3 Å². The molecule has 0 saturated carbocycles. The van der Waals surface area contributed by atoms with Gasteiger partial charge in [-0.3, -0.25) is 10.1 Å². The Kier molecular flexibility index (Phi) is 5.42. The maximum atomic E-state index is 10.7. The van der Waals surface area contributed by atoms with Crippen molar-refractivity contribution in [1.29, 1.82) is 0 Å². The van der Waals surface area contributed by atoms with Gasteiger partial charge in [0.05, 0.1) is 11.1 Å². The lowest BCUT2D eigenvalue weighted by atomic mass is 10.2. The van der Waals surface area contributed by atoms with Crippen molar-refractivity contribution in [3.8, 4) is 0 Å². The zero-order valence-corrected chi connectivity index (χ0v) is 14.4. The number of non-ortho nitro benzene ring substituents is 1. The average molecular weight is 374 g/mol. The van der Waals surface area contributed by atoms with Crippen LogP contribution in [0, 0.1) is 10.1 Å². The Morgan fingerprint density at radius 1 is 1.24 bits per heavy atom. The SMILES string of the molecule is O=[N+]([O-])c1ccc(/C=N\n2cnnc2SCc2ccccc2Cl)cc1. The molecule has 3 rings (SSSR count). The van der Waals surface area contributed by atoms with Gasteiger partial charge < -0.3 is 0 Å². The second-order valence-electron chi connectivity index (χ2n) is 4.93. The van der Waals surface area contributed by atoms with Crippen LogP contribution in [-0.2, 0) is 5.75 Å². The van der Waals surface area contributed by atoms with Gasteiger partial charge >= 0.3 is 0 Å². The van der Waals surface area contributed by atoms with Gasteiger partial charge in [0.1, 0.15) is 6.33 Å². The van der Waals surface area contributed by atoms with Crippen LogP contribution in [0.4, 0.5) is 5.69 Å². The molecule has 0 atom stereocenters. The van der Waals surface area contributed by atoms with Crippen LogP contribution in [0.1, 0.15) is 11.1 Å². The summed E-state index contributed by atoms with van der Waals surface area (Å²) >= 11 is 7.61. The topological polar surface area (TPSA) is 86.2 Å². The fraction of sp³-hybridized carbons (Fsp3) is 0.0625. The maximum Gasteiger partial charge on any atom is 0.269 e. The lowest BCUT2D eigenvalue weighted by Gasteiger charge is -2.03. The van der Waals surface area contributed by atoms with Gasteiger partial charge in [0.15, 0.2) is 0 Å². The van der Waals surface area contributed by atoms with E-state index in [0.29, 0.717) is 15.9 Å². The third kappa shape index (κ3) is 4.43. The Labute approximate surface area is 152 Å². The molecule has 0 radical (unpaired) electrons. The number of thioether (sulfide) groups is 1. The summed E-state index contributed by atoms with van der Waals surface area (Å²) in [4.78, 5) is 10.2. The largest absolute Gasteiger partial charge is 0.269 e. The lowest BCUT2D eigenvalue weighted by molar-refractivity contribution is -0.384. The summed E-state index contributed by atoms with van der Waals surface area (Å²) in [5.74, 6) is 0.644. The summed E-state index contributed by atoms with van der Waals surface area (Å²) < 4.78 is 1.54. The predicted octanol–water partition coefficient (Wildman–Crippen LogP) is 4.01. The molecule has 0 aliphatic carbocycles. The molecule has 0 aliphatic heterocycles. The van der Waals surface area contributed by atoms with Crippen LogP contribution in [0.25, 0.3) is 0 Å². The molecule has 0 fully saturated rings. The first kappa shape index (κ1) is 17.1. The van der Waals surface area contributed by atoms with E-state index < -0.39 is 4.92 Å². The van der Waals surface area contributed by atoms with Gasteiger partial charge in [-0.25, -0.2) is 0 Å². The fourth-order valence-electron chi connectivity index (χ4n) is 1.96. The number of nitrogens with zero attached hydrogens (tertiary/aromatic N) is 5. The molecule has 1 aromatic heterocycles. The molecule has 0 spiro atoms. The summed E-state index contributed by atoms with van der Waals surface area (Å²) in [6.45, 7) is 0. The van der Waals surface area contributed by atoms with E-state index >= 15 is 0 Å². The third-order valence-corrected chi connectivity index (χ3v) is 4.60. The Hall–Kier alpha value is -2.71. The van der Waals surface area contributed by atoms with Crippen molar-refractivity contribution in [3.05, 3.63) is 81.1 Å². The second-order valence-corrected chi connectivity index (χ2v) is 6.28. The second kappa shape index (κ2) is 7.91. The normalized spacial score (nSPS) is 11.1. The Morgan fingerprint density at radius 2 is 2.00 bits per heavy atom. The molecular weight excluding hydrogens is 362 g/mol. The summed E-state index contributed by atoms with van der Waals surface area (Å²) in [5.41, 5.74) is 1.78.